The van der Waals surface area contributed by atoms with Crippen molar-refractivity contribution in [1.82, 2.24) is 0 Å². The molecule has 1 heteroatoms. The largest absolute Gasteiger partial charge is 0.176 e. The van der Waals surface area contributed by atoms with E-state index in [1.807, 2.05) is 0 Å². The van der Waals surface area contributed by atoms with Crippen LogP contribution in [0, 0.1) is 5.41 Å². The molecule has 1 fully saturated rings. The van der Waals surface area contributed by atoms with Gasteiger partial charge in [0.05, 0.1) is 0 Å². The van der Waals surface area contributed by atoms with E-state index in [0.29, 0.717) is 10.7 Å². The van der Waals surface area contributed by atoms with Crippen molar-refractivity contribution in [3.63, 3.8) is 0 Å². The normalized spacial score (nSPS) is 41.7. The van der Waals surface area contributed by atoms with Crippen molar-refractivity contribution in [2.45, 2.75) is 51.2 Å². The predicted molar refractivity (Wildman–Crippen MR) is 49.6 cm³/mol. The predicted octanol–water partition coefficient (Wildman–Crippen LogP) is 3.28. The van der Waals surface area contributed by atoms with Gasteiger partial charge in [0.25, 0.3) is 0 Å². The van der Waals surface area contributed by atoms with Crippen LogP contribution in [-0.2, 0) is 0 Å². The molecule has 0 nitrogen and oxygen atoms in total. The zero-order chi connectivity index (χ0) is 7.61. The van der Waals surface area contributed by atoms with Gasteiger partial charge in [0.1, 0.15) is 0 Å². The van der Waals surface area contributed by atoms with Gasteiger partial charge in [0.2, 0.25) is 0 Å². The zero-order valence-corrected chi connectivity index (χ0v) is 7.95. The van der Waals surface area contributed by atoms with Crippen molar-refractivity contribution in [2.75, 3.05) is 0 Å². The second-order valence-electron chi connectivity index (χ2n) is 3.90. The average Bonchev–Trinajstić information content (AvgIpc) is 1.96. The topological polar surface area (TPSA) is 0 Å². The molecule has 10 heavy (non-hydrogen) atoms. The second kappa shape index (κ2) is 3.17. The fraction of sp³-hybridized carbons (Fsp3) is 1.00. The highest BCUT2D eigenvalue weighted by molar-refractivity contribution is 7.80. The van der Waals surface area contributed by atoms with Crippen molar-refractivity contribution >= 4 is 12.6 Å². The molecule has 1 rings (SSSR count). The van der Waals surface area contributed by atoms with Crippen LogP contribution in [0.15, 0.2) is 0 Å². The van der Waals surface area contributed by atoms with Crippen LogP contribution < -0.4 is 0 Å². The van der Waals surface area contributed by atoms with Crippen LogP contribution in [0.1, 0.15) is 46.0 Å². The molecule has 1 saturated carbocycles. The van der Waals surface area contributed by atoms with Crippen LogP contribution >= 0.6 is 12.6 Å². The molecule has 0 spiro atoms. The lowest BCUT2D eigenvalue weighted by molar-refractivity contribution is 0.212. The first-order valence-electron chi connectivity index (χ1n) is 4.34. The van der Waals surface area contributed by atoms with E-state index in [1.54, 1.807) is 0 Å². The molecule has 0 amide bonds. The molecule has 0 bridgehead atoms. The van der Waals surface area contributed by atoms with Gasteiger partial charge in [-0.2, -0.15) is 12.6 Å². The van der Waals surface area contributed by atoms with Crippen molar-refractivity contribution in [1.29, 1.82) is 0 Å². The number of rotatable bonds is 1. The first kappa shape index (κ1) is 8.45. The van der Waals surface area contributed by atoms with Gasteiger partial charge >= 0.3 is 0 Å². The molecule has 0 saturated heterocycles. The molecule has 0 radical (unpaired) electrons. The highest BCUT2D eigenvalue weighted by Gasteiger charge is 2.27. The Morgan fingerprint density at radius 1 is 1.40 bits per heavy atom. The van der Waals surface area contributed by atoms with Crippen molar-refractivity contribution < 1.29 is 0 Å². The van der Waals surface area contributed by atoms with E-state index >= 15 is 0 Å². The summed E-state index contributed by atoms with van der Waals surface area (Å²) in [4.78, 5) is 0. The van der Waals surface area contributed by atoms with E-state index in [9.17, 15) is 0 Å². The molecule has 60 valence electrons. The summed E-state index contributed by atoms with van der Waals surface area (Å²) < 4.78 is 0. The summed E-state index contributed by atoms with van der Waals surface area (Å²) >= 11 is 4.48. The highest BCUT2D eigenvalue weighted by atomic mass is 32.1. The van der Waals surface area contributed by atoms with Gasteiger partial charge in [0, 0.05) is 5.25 Å². The lowest BCUT2D eigenvalue weighted by Crippen LogP contribution is -2.23. The number of hydrogen-bond acceptors (Lipinski definition) is 1. The SMILES string of the molecule is CCC1(C)CCC(S)CC1. The van der Waals surface area contributed by atoms with Crippen LogP contribution in [-0.4, -0.2) is 5.25 Å². The molecule has 0 aromatic rings. The Hall–Kier alpha value is 0.350. The number of thiol groups is 1. The Morgan fingerprint density at radius 2 is 1.90 bits per heavy atom. The lowest BCUT2D eigenvalue weighted by atomic mass is 9.74. The molecular weight excluding hydrogens is 140 g/mol. The Kier molecular flexibility index (Phi) is 2.67. The molecule has 0 heterocycles. The Morgan fingerprint density at radius 3 is 2.30 bits per heavy atom. The summed E-state index contributed by atoms with van der Waals surface area (Å²) in [6.45, 7) is 4.71. The smallest absolute Gasteiger partial charge is 0.00172 e. The summed E-state index contributed by atoms with van der Waals surface area (Å²) in [6, 6.07) is 0. The van der Waals surface area contributed by atoms with Crippen molar-refractivity contribution in [3.05, 3.63) is 0 Å². The van der Waals surface area contributed by atoms with E-state index in [4.69, 9.17) is 0 Å². The van der Waals surface area contributed by atoms with Gasteiger partial charge < -0.3 is 0 Å². The Balaban J connectivity index is 2.38. The number of hydrogen-bond donors (Lipinski definition) is 1. The second-order valence-corrected chi connectivity index (χ2v) is 4.63. The minimum absolute atomic E-state index is 0.652. The monoisotopic (exact) mass is 158 g/mol. The van der Waals surface area contributed by atoms with Crippen LogP contribution in [0.3, 0.4) is 0 Å². The zero-order valence-electron chi connectivity index (χ0n) is 7.06. The molecule has 0 unspecified atom stereocenters. The Bertz CT molecular complexity index is 101. The van der Waals surface area contributed by atoms with Gasteiger partial charge in [-0.1, -0.05) is 20.3 Å². The van der Waals surface area contributed by atoms with Gasteiger partial charge in [-0.05, 0) is 31.1 Å². The van der Waals surface area contributed by atoms with Crippen LogP contribution in [0.25, 0.3) is 0 Å². The van der Waals surface area contributed by atoms with E-state index in [-0.39, 0.29) is 0 Å². The average molecular weight is 158 g/mol. The Labute approximate surface area is 69.8 Å². The summed E-state index contributed by atoms with van der Waals surface area (Å²) in [5, 5.41) is 0.694. The van der Waals surface area contributed by atoms with Gasteiger partial charge in [0.15, 0.2) is 0 Å². The van der Waals surface area contributed by atoms with Gasteiger partial charge in [-0.25, -0.2) is 0 Å². The molecule has 0 aliphatic heterocycles. The maximum Gasteiger partial charge on any atom is 0.00172 e. The van der Waals surface area contributed by atoms with E-state index in [0.717, 1.165) is 0 Å². The van der Waals surface area contributed by atoms with Crippen LogP contribution in [0.4, 0.5) is 0 Å². The summed E-state index contributed by atoms with van der Waals surface area (Å²) in [5.74, 6) is 0. The third-order valence-corrected chi connectivity index (χ3v) is 3.53. The minimum atomic E-state index is 0.652. The summed E-state index contributed by atoms with van der Waals surface area (Å²) in [7, 11) is 0. The van der Waals surface area contributed by atoms with Crippen LogP contribution in [0.2, 0.25) is 0 Å². The van der Waals surface area contributed by atoms with E-state index in [2.05, 4.69) is 26.5 Å². The standard InChI is InChI=1S/C9H18S/c1-3-9(2)6-4-8(10)5-7-9/h8,10H,3-7H2,1-2H3. The molecule has 0 atom stereocenters. The third-order valence-electron chi connectivity index (χ3n) is 3.02. The maximum absolute atomic E-state index is 4.48. The minimum Gasteiger partial charge on any atom is -0.176 e. The molecule has 0 aromatic heterocycles. The molecule has 0 N–H and O–H groups in total. The molecule has 0 aromatic carbocycles. The lowest BCUT2D eigenvalue weighted by Gasteiger charge is -2.34. The highest BCUT2D eigenvalue weighted by Crippen LogP contribution is 2.39. The van der Waals surface area contributed by atoms with Crippen molar-refractivity contribution in [3.8, 4) is 0 Å². The fourth-order valence-corrected chi connectivity index (χ4v) is 1.91. The van der Waals surface area contributed by atoms with Crippen LogP contribution in [0.5, 0.6) is 0 Å². The first-order valence-corrected chi connectivity index (χ1v) is 4.86. The fourth-order valence-electron chi connectivity index (χ4n) is 1.65. The summed E-state index contributed by atoms with van der Waals surface area (Å²) in [5.41, 5.74) is 0.652. The van der Waals surface area contributed by atoms with E-state index in [1.165, 1.54) is 32.1 Å². The summed E-state index contributed by atoms with van der Waals surface area (Å²) in [6.07, 6.45) is 6.77. The first-order chi connectivity index (χ1) is 4.66. The van der Waals surface area contributed by atoms with Gasteiger partial charge in [-0.15, -0.1) is 0 Å². The van der Waals surface area contributed by atoms with Crippen molar-refractivity contribution in [2.24, 2.45) is 5.41 Å². The third kappa shape index (κ3) is 1.91. The quantitative estimate of drug-likeness (QED) is 0.556. The van der Waals surface area contributed by atoms with E-state index < -0.39 is 0 Å². The molecule has 1 aliphatic carbocycles. The molecular formula is C9H18S. The maximum atomic E-state index is 4.48. The van der Waals surface area contributed by atoms with Gasteiger partial charge in [-0.3, -0.25) is 0 Å². The molecule has 1 aliphatic rings.